The summed E-state index contributed by atoms with van der Waals surface area (Å²) < 4.78 is 25.8. The lowest BCUT2D eigenvalue weighted by Crippen LogP contribution is -2.33. The summed E-state index contributed by atoms with van der Waals surface area (Å²) >= 11 is 0. The fourth-order valence-electron chi connectivity index (χ4n) is 3.80. The third kappa shape index (κ3) is 3.83. The van der Waals surface area contributed by atoms with E-state index < -0.39 is 21.0 Å². The second kappa shape index (κ2) is 7.95. The third-order valence-electron chi connectivity index (χ3n) is 5.51. The van der Waals surface area contributed by atoms with Gasteiger partial charge in [0.25, 0.3) is 0 Å². The molecule has 0 aromatic heterocycles. The number of anilines is 2. The fraction of sp³-hybridized carbons (Fsp3) is 0.208. The highest BCUT2D eigenvalue weighted by molar-refractivity contribution is 7.93. The van der Waals surface area contributed by atoms with Crippen molar-refractivity contribution >= 4 is 27.1 Å². The van der Waals surface area contributed by atoms with E-state index in [9.17, 15) is 13.2 Å². The van der Waals surface area contributed by atoms with Gasteiger partial charge in [-0.2, -0.15) is 0 Å². The number of carbonyl (C=O) groups excluding carboxylic acids is 1. The lowest BCUT2D eigenvalue weighted by atomic mass is 10.1. The van der Waals surface area contributed by atoms with E-state index in [2.05, 4.69) is 23.6 Å². The largest absolute Gasteiger partial charge is 0.379 e. The van der Waals surface area contributed by atoms with Crippen molar-refractivity contribution in [2.24, 2.45) is 0 Å². The molecule has 1 aliphatic heterocycles. The van der Waals surface area contributed by atoms with E-state index in [0.29, 0.717) is 17.8 Å². The number of hydrogen-bond acceptors (Lipinski definition) is 4. The summed E-state index contributed by atoms with van der Waals surface area (Å²) in [5.41, 5.74) is 5.34. The first-order valence-corrected chi connectivity index (χ1v) is 11.4. The van der Waals surface area contributed by atoms with Crippen LogP contribution < -0.4 is 10.6 Å². The Morgan fingerprint density at radius 2 is 1.67 bits per heavy atom. The highest BCUT2D eigenvalue weighted by Gasteiger charge is 2.41. The second-order valence-corrected chi connectivity index (χ2v) is 9.76. The van der Waals surface area contributed by atoms with E-state index in [4.69, 9.17) is 0 Å². The second-order valence-electron chi connectivity index (χ2n) is 7.66. The number of para-hydroxylation sites is 2. The van der Waals surface area contributed by atoms with Gasteiger partial charge in [0.05, 0.1) is 16.3 Å². The maximum atomic E-state index is 12.9. The standard InChI is InChI=1S/C24H24N2O3S/c1-16-11-12-22-19(13-16)14-23(30(22,28)29)24(27)26-21-10-6-5-9-20(21)25-15-18-8-4-3-7-17(18)2/h3-13,23,25H,14-15H2,1-2H3,(H,26,27). The fourth-order valence-corrected chi connectivity index (χ4v) is 5.61. The number of carbonyl (C=O) groups is 1. The molecule has 2 N–H and O–H groups in total. The number of sulfone groups is 1. The van der Waals surface area contributed by atoms with Crippen molar-refractivity contribution in [1.29, 1.82) is 0 Å². The minimum Gasteiger partial charge on any atom is -0.379 e. The molecule has 1 heterocycles. The van der Waals surface area contributed by atoms with E-state index in [1.165, 1.54) is 5.56 Å². The molecule has 0 aliphatic carbocycles. The van der Waals surface area contributed by atoms with Crippen molar-refractivity contribution < 1.29 is 13.2 Å². The zero-order valence-electron chi connectivity index (χ0n) is 17.0. The Morgan fingerprint density at radius 3 is 2.43 bits per heavy atom. The van der Waals surface area contributed by atoms with Crippen molar-refractivity contribution in [3.8, 4) is 0 Å². The topological polar surface area (TPSA) is 75.3 Å². The zero-order valence-corrected chi connectivity index (χ0v) is 17.8. The van der Waals surface area contributed by atoms with Gasteiger partial charge in [-0.05, 0) is 55.2 Å². The Hall–Kier alpha value is -3.12. The first kappa shape index (κ1) is 20.2. The maximum Gasteiger partial charge on any atom is 0.243 e. The quantitative estimate of drug-likeness (QED) is 0.647. The van der Waals surface area contributed by atoms with Crippen LogP contribution in [0.15, 0.2) is 71.6 Å². The predicted octanol–water partition coefficient (Wildman–Crippen LogP) is 4.25. The van der Waals surface area contributed by atoms with Crippen LogP contribution in [0.25, 0.3) is 0 Å². The van der Waals surface area contributed by atoms with Crippen LogP contribution in [-0.2, 0) is 27.6 Å². The molecular weight excluding hydrogens is 396 g/mol. The number of aryl methyl sites for hydroxylation is 2. The van der Waals surface area contributed by atoms with Crippen LogP contribution in [0.4, 0.5) is 11.4 Å². The summed E-state index contributed by atoms with van der Waals surface area (Å²) in [7, 11) is -3.69. The molecule has 1 aliphatic rings. The van der Waals surface area contributed by atoms with Gasteiger partial charge in [0.1, 0.15) is 5.25 Å². The normalized spacial score (nSPS) is 16.7. The summed E-state index contributed by atoms with van der Waals surface area (Å²) in [6.07, 6.45) is 0.198. The van der Waals surface area contributed by atoms with E-state index in [-0.39, 0.29) is 11.3 Å². The van der Waals surface area contributed by atoms with Crippen molar-refractivity contribution in [2.75, 3.05) is 10.6 Å². The first-order valence-electron chi connectivity index (χ1n) is 9.88. The average molecular weight is 421 g/mol. The molecule has 0 saturated heterocycles. The van der Waals surface area contributed by atoms with Gasteiger partial charge in [-0.3, -0.25) is 4.79 Å². The lowest BCUT2D eigenvalue weighted by Gasteiger charge is -2.16. The number of benzene rings is 3. The van der Waals surface area contributed by atoms with Crippen LogP contribution in [0.3, 0.4) is 0 Å². The average Bonchev–Trinajstić information content (AvgIpc) is 2.98. The van der Waals surface area contributed by atoms with Gasteiger partial charge in [0.15, 0.2) is 9.84 Å². The van der Waals surface area contributed by atoms with E-state index in [0.717, 1.165) is 16.8 Å². The zero-order chi connectivity index (χ0) is 21.3. The Labute approximate surface area is 177 Å². The molecule has 4 rings (SSSR count). The molecule has 1 unspecified atom stereocenters. The van der Waals surface area contributed by atoms with E-state index in [1.54, 1.807) is 18.2 Å². The van der Waals surface area contributed by atoms with Gasteiger partial charge in [0.2, 0.25) is 5.91 Å². The molecular formula is C24H24N2O3S. The Bertz CT molecular complexity index is 1220. The molecule has 3 aromatic carbocycles. The summed E-state index contributed by atoms with van der Waals surface area (Å²) in [6, 6.07) is 20.6. The molecule has 0 spiro atoms. The van der Waals surface area contributed by atoms with E-state index >= 15 is 0 Å². The summed E-state index contributed by atoms with van der Waals surface area (Å²) in [5.74, 6) is -0.506. The molecule has 154 valence electrons. The number of hydrogen-bond donors (Lipinski definition) is 2. The first-order chi connectivity index (χ1) is 14.4. The lowest BCUT2D eigenvalue weighted by molar-refractivity contribution is -0.115. The predicted molar refractivity (Wildman–Crippen MR) is 119 cm³/mol. The number of nitrogens with one attached hydrogen (secondary N) is 2. The van der Waals surface area contributed by atoms with Crippen molar-refractivity contribution in [1.82, 2.24) is 0 Å². The highest BCUT2D eigenvalue weighted by Crippen LogP contribution is 2.33. The van der Waals surface area contributed by atoms with Gasteiger partial charge in [0, 0.05) is 6.54 Å². The third-order valence-corrected chi connectivity index (χ3v) is 7.65. The molecule has 1 amide bonds. The monoisotopic (exact) mass is 420 g/mol. The Balaban J connectivity index is 1.53. The minimum atomic E-state index is -3.69. The summed E-state index contributed by atoms with van der Waals surface area (Å²) in [4.78, 5) is 13.2. The molecule has 0 radical (unpaired) electrons. The van der Waals surface area contributed by atoms with Crippen LogP contribution in [0.2, 0.25) is 0 Å². The van der Waals surface area contributed by atoms with Crippen LogP contribution in [0.5, 0.6) is 0 Å². The van der Waals surface area contributed by atoms with Crippen molar-refractivity contribution in [3.05, 3.63) is 89.0 Å². The van der Waals surface area contributed by atoms with Gasteiger partial charge < -0.3 is 10.6 Å². The van der Waals surface area contributed by atoms with Crippen molar-refractivity contribution in [2.45, 2.75) is 37.0 Å². The van der Waals surface area contributed by atoms with Gasteiger partial charge >= 0.3 is 0 Å². The van der Waals surface area contributed by atoms with E-state index in [1.807, 2.05) is 49.4 Å². The molecule has 0 fully saturated rings. The highest BCUT2D eigenvalue weighted by atomic mass is 32.2. The smallest absolute Gasteiger partial charge is 0.243 e. The Kier molecular flexibility index (Phi) is 5.35. The number of amides is 1. The molecule has 30 heavy (non-hydrogen) atoms. The minimum absolute atomic E-state index is 0.198. The molecule has 6 heteroatoms. The molecule has 1 atom stereocenters. The van der Waals surface area contributed by atoms with Crippen molar-refractivity contribution in [3.63, 3.8) is 0 Å². The number of rotatable bonds is 5. The SMILES string of the molecule is Cc1ccc2c(c1)CC(C(=O)Nc1ccccc1NCc1ccccc1C)S2(=O)=O. The van der Waals surface area contributed by atoms with Crippen LogP contribution in [0, 0.1) is 13.8 Å². The molecule has 5 nitrogen and oxygen atoms in total. The molecule has 0 bridgehead atoms. The number of fused-ring (bicyclic) bond motifs is 1. The van der Waals surface area contributed by atoms with Gasteiger partial charge in [-0.15, -0.1) is 0 Å². The summed E-state index contributed by atoms with van der Waals surface area (Å²) in [5, 5.41) is 5.06. The summed E-state index contributed by atoms with van der Waals surface area (Å²) in [6.45, 7) is 4.57. The molecule has 3 aromatic rings. The van der Waals surface area contributed by atoms with Gasteiger partial charge in [-0.25, -0.2) is 8.42 Å². The maximum absolute atomic E-state index is 12.9. The molecule has 0 saturated carbocycles. The van der Waals surface area contributed by atoms with Gasteiger partial charge in [-0.1, -0.05) is 54.1 Å². The van der Waals surface area contributed by atoms with Crippen LogP contribution >= 0.6 is 0 Å². The van der Waals surface area contributed by atoms with Crippen LogP contribution in [-0.4, -0.2) is 19.6 Å². The van der Waals surface area contributed by atoms with Crippen LogP contribution in [0.1, 0.15) is 22.3 Å². The Morgan fingerprint density at radius 1 is 0.967 bits per heavy atom.